The monoisotopic (exact) mass is 396 g/mol. The van der Waals surface area contributed by atoms with Crippen LogP contribution < -0.4 is 16.0 Å². The van der Waals surface area contributed by atoms with Gasteiger partial charge in [0, 0.05) is 36.2 Å². The lowest BCUT2D eigenvalue weighted by Gasteiger charge is -2.26. The van der Waals surface area contributed by atoms with Gasteiger partial charge in [0.2, 0.25) is 0 Å². The van der Waals surface area contributed by atoms with Crippen molar-refractivity contribution in [1.29, 1.82) is 0 Å². The predicted molar refractivity (Wildman–Crippen MR) is 107 cm³/mol. The number of carboxylic acids is 1. The minimum atomic E-state index is -0.756. The number of aliphatic carboxylic acids is 1. The summed E-state index contributed by atoms with van der Waals surface area (Å²) in [5.41, 5.74) is 2.09. The second kappa shape index (κ2) is 9.68. The summed E-state index contributed by atoms with van der Waals surface area (Å²) >= 11 is 0. The topological polar surface area (TPSA) is 120 Å². The largest absolute Gasteiger partial charge is 0.481 e. The van der Waals surface area contributed by atoms with Crippen molar-refractivity contribution in [3.8, 4) is 0 Å². The predicted octanol–water partition coefficient (Wildman–Crippen LogP) is 2.78. The van der Waals surface area contributed by atoms with Gasteiger partial charge in [-0.05, 0) is 55.5 Å². The Balaban J connectivity index is 1.41. The van der Waals surface area contributed by atoms with Crippen LogP contribution >= 0.6 is 0 Å². The van der Waals surface area contributed by atoms with E-state index in [-0.39, 0.29) is 23.9 Å². The Bertz CT molecular complexity index is 847. The Morgan fingerprint density at radius 3 is 2.24 bits per heavy atom. The number of pyridine rings is 1. The molecule has 1 aromatic carbocycles. The number of benzene rings is 1. The fraction of sp³-hybridized carbons (Fsp3) is 0.333. The Hall–Kier alpha value is -3.42. The lowest BCUT2D eigenvalue weighted by atomic mass is 9.86. The molecule has 0 bridgehead atoms. The second-order valence-corrected chi connectivity index (χ2v) is 7.10. The Kier molecular flexibility index (Phi) is 6.78. The van der Waals surface area contributed by atoms with E-state index in [1.165, 1.54) is 0 Å². The highest BCUT2D eigenvalue weighted by molar-refractivity contribution is 6.04. The summed E-state index contributed by atoms with van der Waals surface area (Å²) in [7, 11) is 0. The SMILES string of the molecule is O=C(NCc1ccc(NC(=O)c2ccncc2)cc1)NC1CCC(C(=O)O)CC1. The van der Waals surface area contributed by atoms with Crippen LogP contribution in [0.1, 0.15) is 41.6 Å². The first-order valence-electron chi connectivity index (χ1n) is 9.59. The average molecular weight is 396 g/mol. The number of hydrogen-bond donors (Lipinski definition) is 4. The molecule has 1 heterocycles. The number of carbonyl (C=O) groups is 3. The molecule has 0 radical (unpaired) electrons. The van der Waals surface area contributed by atoms with Gasteiger partial charge in [0.25, 0.3) is 5.91 Å². The molecule has 2 aromatic rings. The highest BCUT2D eigenvalue weighted by Gasteiger charge is 2.26. The summed E-state index contributed by atoms with van der Waals surface area (Å²) in [4.78, 5) is 39.1. The van der Waals surface area contributed by atoms with Gasteiger partial charge < -0.3 is 21.1 Å². The number of aromatic nitrogens is 1. The summed E-state index contributed by atoms with van der Waals surface area (Å²) < 4.78 is 0. The molecule has 1 aromatic heterocycles. The maximum atomic E-state index is 12.1. The minimum absolute atomic E-state index is 0.0105. The van der Waals surface area contributed by atoms with Crippen molar-refractivity contribution in [2.24, 2.45) is 5.92 Å². The number of rotatable bonds is 6. The zero-order valence-electron chi connectivity index (χ0n) is 15.9. The first-order chi connectivity index (χ1) is 14.0. The Labute approximate surface area is 168 Å². The summed E-state index contributed by atoms with van der Waals surface area (Å²) in [5, 5.41) is 17.5. The van der Waals surface area contributed by atoms with Gasteiger partial charge >= 0.3 is 12.0 Å². The van der Waals surface area contributed by atoms with E-state index < -0.39 is 5.97 Å². The van der Waals surface area contributed by atoms with Crippen molar-refractivity contribution >= 4 is 23.6 Å². The molecule has 3 amide bonds. The molecule has 1 fully saturated rings. The molecule has 29 heavy (non-hydrogen) atoms. The number of nitrogens with zero attached hydrogens (tertiary/aromatic N) is 1. The van der Waals surface area contributed by atoms with Crippen LogP contribution in [0.4, 0.5) is 10.5 Å². The molecule has 0 unspecified atom stereocenters. The first kappa shape index (κ1) is 20.3. The molecular formula is C21H24N4O4. The number of carboxylic acid groups (broad SMARTS) is 1. The summed E-state index contributed by atoms with van der Waals surface area (Å²) in [6, 6.07) is 10.2. The van der Waals surface area contributed by atoms with Crippen LogP contribution in [0.25, 0.3) is 0 Å². The summed E-state index contributed by atoms with van der Waals surface area (Å²) in [6.45, 7) is 0.356. The van der Waals surface area contributed by atoms with Crippen molar-refractivity contribution in [3.63, 3.8) is 0 Å². The fourth-order valence-corrected chi connectivity index (χ4v) is 3.32. The maximum Gasteiger partial charge on any atom is 0.315 e. The third-order valence-corrected chi connectivity index (χ3v) is 5.02. The van der Waals surface area contributed by atoms with Gasteiger partial charge in [-0.2, -0.15) is 0 Å². The van der Waals surface area contributed by atoms with E-state index in [9.17, 15) is 14.4 Å². The van der Waals surface area contributed by atoms with Gasteiger partial charge in [-0.3, -0.25) is 14.6 Å². The average Bonchev–Trinajstić information content (AvgIpc) is 2.74. The second-order valence-electron chi connectivity index (χ2n) is 7.10. The number of nitrogens with one attached hydrogen (secondary N) is 3. The van der Waals surface area contributed by atoms with Crippen LogP contribution in [0.2, 0.25) is 0 Å². The van der Waals surface area contributed by atoms with Gasteiger partial charge in [-0.1, -0.05) is 12.1 Å². The van der Waals surface area contributed by atoms with Gasteiger partial charge in [0.05, 0.1) is 5.92 Å². The molecule has 3 rings (SSSR count). The molecule has 152 valence electrons. The fourth-order valence-electron chi connectivity index (χ4n) is 3.32. The third-order valence-electron chi connectivity index (χ3n) is 5.02. The molecule has 8 heteroatoms. The molecule has 0 saturated heterocycles. The summed E-state index contributed by atoms with van der Waals surface area (Å²) in [6.07, 6.45) is 5.66. The zero-order chi connectivity index (χ0) is 20.6. The normalized spacial score (nSPS) is 18.5. The van der Waals surface area contributed by atoms with E-state index in [1.54, 1.807) is 36.7 Å². The van der Waals surface area contributed by atoms with Crippen LogP contribution in [-0.2, 0) is 11.3 Å². The number of anilines is 1. The van der Waals surface area contributed by atoms with E-state index >= 15 is 0 Å². The van der Waals surface area contributed by atoms with Crippen molar-refractivity contribution in [2.75, 3.05) is 5.32 Å². The highest BCUT2D eigenvalue weighted by atomic mass is 16.4. The Morgan fingerprint density at radius 2 is 1.62 bits per heavy atom. The molecule has 0 aliphatic heterocycles. The molecule has 1 saturated carbocycles. The van der Waals surface area contributed by atoms with Crippen LogP contribution in [0.5, 0.6) is 0 Å². The Morgan fingerprint density at radius 1 is 0.966 bits per heavy atom. The van der Waals surface area contributed by atoms with E-state index in [0.717, 1.165) is 5.56 Å². The van der Waals surface area contributed by atoms with Gasteiger partial charge in [0.15, 0.2) is 0 Å². The lowest BCUT2D eigenvalue weighted by molar-refractivity contribution is -0.142. The van der Waals surface area contributed by atoms with Crippen molar-refractivity contribution < 1.29 is 19.5 Å². The lowest BCUT2D eigenvalue weighted by Crippen LogP contribution is -2.43. The smallest absolute Gasteiger partial charge is 0.315 e. The van der Waals surface area contributed by atoms with Crippen molar-refractivity contribution in [2.45, 2.75) is 38.3 Å². The standard InChI is InChI=1S/C21H24N4O4/c26-19(15-9-11-22-12-10-15)24-17-5-1-14(2-6-17)13-23-21(29)25-18-7-3-16(4-8-18)20(27)28/h1-2,5-6,9-12,16,18H,3-4,7-8,13H2,(H,24,26)(H,27,28)(H2,23,25,29). The molecule has 0 atom stereocenters. The van der Waals surface area contributed by atoms with Crippen LogP contribution in [0, 0.1) is 5.92 Å². The van der Waals surface area contributed by atoms with Gasteiger partial charge in [0.1, 0.15) is 0 Å². The van der Waals surface area contributed by atoms with Crippen LogP contribution in [0.15, 0.2) is 48.8 Å². The van der Waals surface area contributed by atoms with Crippen molar-refractivity contribution in [1.82, 2.24) is 15.6 Å². The van der Waals surface area contributed by atoms with Crippen LogP contribution in [-0.4, -0.2) is 34.0 Å². The minimum Gasteiger partial charge on any atom is -0.481 e. The summed E-state index contributed by atoms with van der Waals surface area (Å²) in [5.74, 6) is -1.27. The van der Waals surface area contributed by atoms with Gasteiger partial charge in [-0.25, -0.2) is 4.79 Å². The number of amides is 3. The van der Waals surface area contributed by atoms with Crippen molar-refractivity contribution in [3.05, 3.63) is 59.9 Å². The first-order valence-corrected chi connectivity index (χ1v) is 9.59. The van der Waals surface area contributed by atoms with E-state index in [4.69, 9.17) is 5.11 Å². The number of hydrogen-bond acceptors (Lipinski definition) is 4. The van der Waals surface area contributed by atoms with Crippen LogP contribution in [0.3, 0.4) is 0 Å². The van der Waals surface area contributed by atoms with E-state index in [2.05, 4.69) is 20.9 Å². The molecule has 1 aliphatic carbocycles. The highest BCUT2D eigenvalue weighted by Crippen LogP contribution is 2.24. The molecule has 1 aliphatic rings. The van der Waals surface area contributed by atoms with E-state index in [1.807, 2.05) is 12.1 Å². The number of carbonyl (C=O) groups excluding carboxylic acids is 2. The van der Waals surface area contributed by atoms with Gasteiger partial charge in [-0.15, -0.1) is 0 Å². The zero-order valence-corrected chi connectivity index (χ0v) is 15.9. The number of urea groups is 1. The molecular weight excluding hydrogens is 372 g/mol. The maximum absolute atomic E-state index is 12.1. The molecule has 8 nitrogen and oxygen atoms in total. The van der Waals surface area contributed by atoms with E-state index in [0.29, 0.717) is 43.5 Å². The molecule has 0 spiro atoms. The quantitative estimate of drug-likeness (QED) is 0.598. The molecule has 4 N–H and O–H groups in total. The third kappa shape index (κ3) is 6.03.